The number of aliphatic imine (C=N–C) groups is 1. The highest BCUT2D eigenvalue weighted by Gasteiger charge is 2.43. The second-order valence-corrected chi connectivity index (χ2v) is 9.88. The zero-order chi connectivity index (χ0) is 15.7. The molecule has 0 aromatic heterocycles. The molecule has 1 N–H and O–H groups in total. The van der Waals surface area contributed by atoms with Crippen molar-refractivity contribution in [3.63, 3.8) is 0 Å². The summed E-state index contributed by atoms with van der Waals surface area (Å²) in [5.74, 6) is 0.873. The van der Waals surface area contributed by atoms with Crippen LogP contribution in [0, 0.1) is 5.41 Å². The van der Waals surface area contributed by atoms with Gasteiger partial charge in [0.2, 0.25) is 0 Å². The SMILES string of the molecule is CCNC(=NCC(C)(C)S(C)(=O)=O)N1CCC2(CCC2)C1.I. The Morgan fingerprint density at radius 1 is 1.32 bits per heavy atom. The number of guanidine groups is 1. The van der Waals surface area contributed by atoms with Gasteiger partial charge in [0.1, 0.15) is 0 Å². The lowest BCUT2D eigenvalue weighted by Crippen LogP contribution is -2.44. The molecule has 0 aromatic carbocycles. The number of nitrogens with one attached hydrogen (secondary N) is 1. The molecule has 0 bridgehead atoms. The maximum atomic E-state index is 11.8. The second-order valence-electron chi connectivity index (χ2n) is 7.23. The van der Waals surface area contributed by atoms with E-state index in [2.05, 4.69) is 15.2 Å². The van der Waals surface area contributed by atoms with Crippen LogP contribution < -0.4 is 5.32 Å². The van der Waals surface area contributed by atoms with Gasteiger partial charge in [-0.15, -0.1) is 24.0 Å². The molecule has 1 aliphatic heterocycles. The first-order chi connectivity index (χ1) is 9.69. The van der Waals surface area contributed by atoms with E-state index in [1.807, 2.05) is 6.92 Å². The molecule has 0 radical (unpaired) electrons. The van der Waals surface area contributed by atoms with E-state index in [1.54, 1.807) is 13.8 Å². The number of sulfone groups is 1. The highest BCUT2D eigenvalue weighted by Crippen LogP contribution is 2.47. The zero-order valence-corrected chi connectivity index (χ0v) is 17.3. The normalized spacial score (nSPS) is 21.5. The molecule has 0 unspecified atom stereocenters. The molecule has 2 fully saturated rings. The number of rotatable bonds is 4. The van der Waals surface area contributed by atoms with Crippen LogP contribution in [0.15, 0.2) is 4.99 Å². The van der Waals surface area contributed by atoms with Crippen molar-refractivity contribution in [3.8, 4) is 0 Å². The van der Waals surface area contributed by atoms with E-state index in [0.717, 1.165) is 25.6 Å². The summed E-state index contributed by atoms with van der Waals surface area (Å²) in [4.78, 5) is 6.92. The standard InChI is InChI=1S/C15H29N3O2S.HI/c1-5-16-13(17-11-14(2,3)21(4,19)20)18-10-9-15(12-18)7-6-8-15;/h5-12H2,1-4H3,(H,16,17);1H. The van der Waals surface area contributed by atoms with Crippen molar-refractivity contribution >= 4 is 39.8 Å². The van der Waals surface area contributed by atoms with Crippen LogP contribution in [0.5, 0.6) is 0 Å². The number of halogens is 1. The first-order valence-electron chi connectivity index (χ1n) is 7.92. The molecule has 1 saturated carbocycles. The summed E-state index contributed by atoms with van der Waals surface area (Å²) in [6, 6.07) is 0. The predicted octanol–water partition coefficient (Wildman–Crippen LogP) is 2.27. The quantitative estimate of drug-likeness (QED) is 0.412. The van der Waals surface area contributed by atoms with Crippen molar-refractivity contribution in [2.75, 3.05) is 32.4 Å². The molecule has 2 aliphatic rings. The van der Waals surface area contributed by atoms with Gasteiger partial charge in [-0.3, -0.25) is 4.99 Å². The summed E-state index contributed by atoms with van der Waals surface area (Å²) in [5.41, 5.74) is 0.516. The minimum absolute atomic E-state index is 0. The lowest BCUT2D eigenvalue weighted by atomic mass is 9.68. The van der Waals surface area contributed by atoms with Crippen LogP contribution in [0.1, 0.15) is 46.5 Å². The van der Waals surface area contributed by atoms with Crippen molar-refractivity contribution in [1.29, 1.82) is 0 Å². The van der Waals surface area contributed by atoms with Crippen LogP contribution in [0.2, 0.25) is 0 Å². The van der Waals surface area contributed by atoms with Gasteiger partial charge in [0.05, 0.1) is 11.3 Å². The fourth-order valence-electron chi connectivity index (χ4n) is 3.01. The van der Waals surface area contributed by atoms with Gasteiger partial charge in [0.15, 0.2) is 15.8 Å². The third kappa shape index (κ3) is 4.27. The molecule has 2 rings (SSSR count). The Kier molecular flexibility index (Phi) is 6.58. The highest BCUT2D eigenvalue weighted by molar-refractivity contribution is 14.0. The molecular formula is C15H30IN3O2S. The summed E-state index contributed by atoms with van der Waals surface area (Å²) < 4.78 is 22.8. The smallest absolute Gasteiger partial charge is 0.193 e. The van der Waals surface area contributed by atoms with Crippen LogP contribution in [-0.4, -0.2) is 56.5 Å². The molecule has 22 heavy (non-hydrogen) atoms. The molecule has 7 heteroatoms. The van der Waals surface area contributed by atoms with E-state index < -0.39 is 14.6 Å². The molecule has 1 aliphatic carbocycles. The van der Waals surface area contributed by atoms with Gasteiger partial charge in [0, 0.05) is 25.9 Å². The van der Waals surface area contributed by atoms with Gasteiger partial charge in [0.25, 0.3) is 0 Å². The van der Waals surface area contributed by atoms with Crippen molar-refractivity contribution in [2.24, 2.45) is 10.4 Å². The molecule has 1 saturated heterocycles. The number of likely N-dealkylation sites (tertiary alicyclic amines) is 1. The van der Waals surface area contributed by atoms with Crippen molar-refractivity contribution in [3.05, 3.63) is 0 Å². The van der Waals surface area contributed by atoms with Crippen LogP contribution in [0.3, 0.4) is 0 Å². The maximum Gasteiger partial charge on any atom is 0.193 e. The summed E-state index contributed by atoms with van der Waals surface area (Å²) in [6.45, 7) is 8.74. The Hall–Kier alpha value is -0.0500. The molecule has 0 aromatic rings. The zero-order valence-electron chi connectivity index (χ0n) is 14.2. The molecule has 1 heterocycles. The molecule has 0 amide bonds. The third-order valence-corrected chi connectivity index (χ3v) is 7.24. The lowest BCUT2D eigenvalue weighted by Gasteiger charge is -2.38. The predicted molar refractivity (Wildman–Crippen MR) is 103 cm³/mol. The summed E-state index contributed by atoms with van der Waals surface area (Å²) in [5, 5.41) is 3.32. The van der Waals surface area contributed by atoms with Crippen LogP contribution in [0.4, 0.5) is 0 Å². The van der Waals surface area contributed by atoms with Crippen molar-refractivity contribution < 1.29 is 8.42 Å². The first-order valence-corrected chi connectivity index (χ1v) is 9.81. The van der Waals surface area contributed by atoms with Gasteiger partial charge >= 0.3 is 0 Å². The average Bonchev–Trinajstić information content (AvgIpc) is 2.78. The van der Waals surface area contributed by atoms with Crippen LogP contribution in [-0.2, 0) is 9.84 Å². The van der Waals surface area contributed by atoms with E-state index in [0.29, 0.717) is 12.0 Å². The molecule has 0 atom stereocenters. The molecule has 1 spiro atoms. The summed E-state index contributed by atoms with van der Waals surface area (Å²) >= 11 is 0. The number of hydrogen-bond donors (Lipinski definition) is 1. The Labute approximate surface area is 152 Å². The summed E-state index contributed by atoms with van der Waals surface area (Å²) in [6.07, 6.45) is 6.54. The van der Waals surface area contributed by atoms with Crippen molar-refractivity contribution in [2.45, 2.75) is 51.2 Å². The second kappa shape index (κ2) is 7.23. The Bertz CT molecular complexity index is 513. The lowest BCUT2D eigenvalue weighted by molar-refractivity contribution is 0.151. The Morgan fingerprint density at radius 2 is 1.95 bits per heavy atom. The number of hydrogen-bond acceptors (Lipinski definition) is 3. The maximum absolute atomic E-state index is 11.8. The Morgan fingerprint density at radius 3 is 2.36 bits per heavy atom. The Balaban J connectivity index is 0.00000242. The molecule has 5 nitrogen and oxygen atoms in total. The van der Waals surface area contributed by atoms with Gasteiger partial charge in [-0.1, -0.05) is 6.42 Å². The minimum atomic E-state index is -3.11. The molecular weight excluding hydrogens is 413 g/mol. The highest BCUT2D eigenvalue weighted by atomic mass is 127. The minimum Gasteiger partial charge on any atom is -0.357 e. The van der Waals surface area contributed by atoms with E-state index in [-0.39, 0.29) is 24.0 Å². The average molecular weight is 443 g/mol. The van der Waals surface area contributed by atoms with E-state index in [1.165, 1.54) is 31.9 Å². The fourth-order valence-corrected chi connectivity index (χ4v) is 3.31. The first kappa shape index (κ1) is 20.0. The third-order valence-electron chi connectivity index (χ3n) is 5.10. The van der Waals surface area contributed by atoms with Gasteiger partial charge in [-0.05, 0) is 45.4 Å². The summed E-state index contributed by atoms with van der Waals surface area (Å²) in [7, 11) is -3.11. The van der Waals surface area contributed by atoms with Gasteiger partial charge in [-0.2, -0.15) is 0 Å². The van der Waals surface area contributed by atoms with E-state index in [4.69, 9.17) is 0 Å². The topological polar surface area (TPSA) is 61.8 Å². The van der Waals surface area contributed by atoms with E-state index in [9.17, 15) is 8.42 Å². The number of nitrogens with zero attached hydrogens (tertiary/aromatic N) is 2. The van der Waals surface area contributed by atoms with Gasteiger partial charge in [-0.25, -0.2) is 8.42 Å². The molecule has 130 valence electrons. The fraction of sp³-hybridized carbons (Fsp3) is 0.933. The monoisotopic (exact) mass is 443 g/mol. The van der Waals surface area contributed by atoms with E-state index >= 15 is 0 Å². The largest absolute Gasteiger partial charge is 0.357 e. The van der Waals surface area contributed by atoms with Crippen LogP contribution in [0.25, 0.3) is 0 Å². The van der Waals surface area contributed by atoms with Crippen molar-refractivity contribution in [1.82, 2.24) is 10.2 Å². The van der Waals surface area contributed by atoms with Gasteiger partial charge < -0.3 is 10.2 Å². The van der Waals surface area contributed by atoms with Crippen LogP contribution >= 0.6 is 24.0 Å².